The van der Waals surface area contributed by atoms with Gasteiger partial charge in [0.1, 0.15) is 5.75 Å². The zero-order valence-corrected chi connectivity index (χ0v) is 12.9. The zero-order valence-electron chi connectivity index (χ0n) is 12.0. The van der Waals surface area contributed by atoms with Crippen molar-refractivity contribution in [3.63, 3.8) is 0 Å². The maximum absolute atomic E-state index is 12.2. The van der Waals surface area contributed by atoms with Crippen LogP contribution in [0.3, 0.4) is 0 Å². The first kappa shape index (κ1) is 15.7. The molecule has 1 aliphatic rings. The summed E-state index contributed by atoms with van der Waals surface area (Å²) in [7, 11) is -2.19. The van der Waals surface area contributed by atoms with Crippen LogP contribution in [0, 0.1) is 0 Å². The normalized spacial score (nSPS) is 19.4. The highest BCUT2D eigenvalue weighted by Gasteiger charge is 2.26. The highest BCUT2D eigenvalue weighted by atomic mass is 32.2. The lowest BCUT2D eigenvalue weighted by atomic mass is 10.2. The summed E-state index contributed by atoms with van der Waals surface area (Å²) in [5, 5.41) is 2.62. The number of hydrogen-bond donors (Lipinski definition) is 2. The second-order valence-electron chi connectivity index (χ2n) is 4.88. The van der Waals surface area contributed by atoms with E-state index in [9.17, 15) is 13.2 Å². The van der Waals surface area contributed by atoms with Crippen molar-refractivity contribution < 1.29 is 22.7 Å². The monoisotopic (exact) mass is 314 g/mol. The molecule has 8 heteroatoms. The van der Waals surface area contributed by atoms with Crippen LogP contribution in [0.5, 0.6) is 5.75 Å². The van der Waals surface area contributed by atoms with Crippen molar-refractivity contribution in [1.82, 2.24) is 4.72 Å². The predicted octanol–water partition coefficient (Wildman–Crippen LogP) is 0.719. The minimum Gasteiger partial charge on any atom is -0.479 e. The second-order valence-corrected chi connectivity index (χ2v) is 6.60. The number of carbonyl (C=O) groups is 1. The molecule has 0 fully saturated rings. The van der Waals surface area contributed by atoms with Gasteiger partial charge in [0.25, 0.3) is 5.91 Å². The average Bonchev–Trinajstić information content (AvgIpc) is 2.39. The van der Waals surface area contributed by atoms with Gasteiger partial charge < -0.3 is 14.8 Å². The van der Waals surface area contributed by atoms with Crippen molar-refractivity contribution >= 4 is 21.6 Å². The Morgan fingerprint density at radius 1 is 1.48 bits per heavy atom. The van der Waals surface area contributed by atoms with Crippen molar-refractivity contribution in [1.29, 1.82) is 0 Å². The maximum atomic E-state index is 12.2. The minimum atomic E-state index is -3.68. The van der Waals surface area contributed by atoms with E-state index in [1.54, 1.807) is 13.8 Å². The van der Waals surface area contributed by atoms with Gasteiger partial charge in [-0.25, -0.2) is 13.1 Å². The average molecular weight is 314 g/mol. The molecule has 0 unspecified atom stereocenters. The lowest BCUT2D eigenvalue weighted by Crippen LogP contribution is -2.36. The van der Waals surface area contributed by atoms with Crippen molar-refractivity contribution in [3.8, 4) is 5.75 Å². The standard InChI is InChI=1S/C13H18N2O5S/c1-8(7-19-3)15-21(17,18)10-4-5-12-11(6-10)14-13(16)9(2)20-12/h4-6,8-9,15H,7H2,1-3H3,(H,14,16)/t8-,9-/m1/s1. The van der Waals surface area contributed by atoms with Crippen LogP contribution in [0.4, 0.5) is 5.69 Å². The van der Waals surface area contributed by atoms with Crippen molar-refractivity contribution in [2.45, 2.75) is 30.9 Å². The number of rotatable bonds is 5. The summed E-state index contributed by atoms with van der Waals surface area (Å²) in [6.07, 6.45) is -0.597. The van der Waals surface area contributed by atoms with Crippen LogP contribution in [-0.2, 0) is 19.6 Å². The minimum absolute atomic E-state index is 0.0580. The van der Waals surface area contributed by atoms with Crippen molar-refractivity contribution in [2.24, 2.45) is 0 Å². The molecule has 1 aromatic rings. The molecular formula is C13H18N2O5S. The smallest absolute Gasteiger partial charge is 0.265 e. The summed E-state index contributed by atoms with van der Waals surface area (Å²) in [5.41, 5.74) is 0.348. The van der Waals surface area contributed by atoms with Gasteiger partial charge in [-0.3, -0.25) is 4.79 Å². The van der Waals surface area contributed by atoms with E-state index in [0.717, 1.165) is 0 Å². The predicted molar refractivity (Wildman–Crippen MR) is 76.8 cm³/mol. The molecule has 0 aromatic heterocycles. The molecule has 2 N–H and O–H groups in total. The van der Waals surface area contributed by atoms with Gasteiger partial charge in [-0.15, -0.1) is 0 Å². The molecular weight excluding hydrogens is 296 g/mol. The maximum Gasteiger partial charge on any atom is 0.265 e. The molecule has 1 aliphatic heterocycles. The van der Waals surface area contributed by atoms with Crippen LogP contribution < -0.4 is 14.8 Å². The fraction of sp³-hybridized carbons (Fsp3) is 0.462. The van der Waals surface area contributed by atoms with Gasteiger partial charge in [-0.1, -0.05) is 0 Å². The Hall–Kier alpha value is -1.64. The van der Waals surface area contributed by atoms with E-state index in [4.69, 9.17) is 9.47 Å². The molecule has 7 nitrogen and oxygen atoms in total. The number of fused-ring (bicyclic) bond motifs is 1. The molecule has 1 amide bonds. The lowest BCUT2D eigenvalue weighted by molar-refractivity contribution is -0.122. The van der Waals surface area contributed by atoms with Gasteiger partial charge in [0, 0.05) is 13.2 Å². The fourth-order valence-electron chi connectivity index (χ4n) is 1.97. The Bertz CT molecular complexity index is 644. The third-order valence-corrected chi connectivity index (χ3v) is 4.55. The summed E-state index contributed by atoms with van der Waals surface area (Å²) in [6, 6.07) is 3.98. The number of ether oxygens (including phenoxy) is 2. The molecule has 0 spiro atoms. The number of nitrogens with one attached hydrogen (secondary N) is 2. The molecule has 0 radical (unpaired) electrons. The Balaban J connectivity index is 2.26. The molecule has 2 atom stereocenters. The number of carbonyl (C=O) groups excluding carboxylic acids is 1. The molecule has 0 saturated carbocycles. The van der Waals surface area contributed by atoms with Gasteiger partial charge >= 0.3 is 0 Å². The summed E-state index contributed by atoms with van der Waals surface area (Å²) in [6.45, 7) is 3.59. The number of methoxy groups -OCH3 is 1. The second kappa shape index (κ2) is 6.00. The van der Waals surface area contributed by atoms with Crippen LogP contribution in [0.1, 0.15) is 13.8 Å². The van der Waals surface area contributed by atoms with Crippen LogP contribution in [0.25, 0.3) is 0 Å². The fourth-order valence-corrected chi connectivity index (χ4v) is 3.23. The van der Waals surface area contributed by atoms with E-state index in [2.05, 4.69) is 10.0 Å². The SMILES string of the molecule is COC[C@@H](C)NS(=O)(=O)c1ccc2c(c1)NC(=O)[C@@H](C)O2. The van der Waals surface area contributed by atoms with E-state index in [1.165, 1.54) is 25.3 Å². The van der Waals surface area contributed by atoms with E-state index in [0.29, 0.717) is 11.4 Å². The molecule has 0 saturated heterocycles. The van der Waals surface area contributed by atoms with E-state index < -0.39 is 16.1 Å². The summed E-state index contributed by atoms with van der Waals surface area (Å²) < 4.78 is 37.2. The molecule has 2 rings (SSSR count). The van der Waals surface area contributed by atoms with E-state index >= 15 is 0 Å². The first-order chi connectivity index (χ1) is 9.83. The van der Waals surface area contributed by atoms with Gasteiger partial charge in [-0.2, -0.15) is 0 Å². The number of benzene rings is 1. The van der Waals surface area contributed by atoms with Crippen LogP contribution in [-0.4, -0.2) is 40.2 Å². The van der Waals surface area contributed by atoms with E-state index in [1.807, 2.05) is 0 Å². The molecule has 1 aromatic carbocycles. The first-order valence-electron chi connectivity index (χ1n) is 6.46. The van der Waals surface area contributed by atoms with Crippen LogP contribution in [0.2, 0.25) is 0 Å². The Labute approximate surface area is 123 Å². The van der Waals surface area contributed by atoms with Gasteiger partial charge in [0.05, 0.1) is 17.2 Å². The van der Waals surface area contributed by atoms with Crippen LogP contribution >= 0.6 is 0 Å². The number of anilines is 1. The number of sulfonamides is 1. The topological polar surface area (TPSA) is 93.7 Å². The lowest BCUT2D eigenvalue weighted by Gasteiger charge is -2.23. The molecule has 1 heterocycles. The number of hydrogen-bond acceptors (Lipinski definition) is 5. The number of amides is 1. The highest BCUT2D eigenvalue weighted by molar-refractivity contribution is 7.89. The Morgan fingerprint density at radius 2 is 2.19 bits per heavy atom. The summed E-state index contributed by atoms with van der Waals surface area (Å²) >= 11 is 0. The Kier molecular flexibility index (Phi) is 4.50. The van der Waals surface area contributed by atoms with E-state index in [-0.39, 0.29) is 23.5 Å². The van der Waals surface area contributed by atoms with Crippen molar-refractivity contribution in [3.05, 3.63) is 18.2 Å². The first-order valence-corrected chi connectivity index (χ1v) is 7.94. The molecule has 0 bridgehead atoms. The van der Waals surface area contributed by atoms with Crippen LogP contribution in [0.15, 0.2) is 23.1 Å². The zero-order chi connectivity index (χ0) is 15.6. The largest absolute Gasteiger partial charge is 0.479 e. The van der Waals surface area contributed by atoms with Gasteiger partial charge in [0.2, 0.25) is 10.0 Å². The quantitative estimate of drug-likeness (QED) is 0.835. The highest BCUT2D eigenvalue weighted by Crippen LogP contribution is 2.31. The summed E-state index contributed by atoms with van der Waals surface area (Å²) in [5.74, 6) is 0.142. The molecule has 116 valence electrons. The molecule has 0 aliphatic carbocycles. The summed E-state index contributed by atoms with van der Waals surface area (Å²) in [4.78, 5) is 11.6. The Morgan fingerprint density at radius 3 is 2.86 bits per heavy atom. The van der Waals surface area contributed by atoms with Gasteiger partial charge in [-0.05, 0) is 32.0 Å². The van der Waals surface area contributed by atoms with Gasteiger partial charge in [0.15, 0.2) is 6.10 Å². The van der Waals surface area contributed by atoms with Crippen molar-refractivity contribution in [2.75, 3.05) is 19.0 Å². The third kappa shape index (κ3) is 3.52. The molecule has 21 heavy (non-hydrogen) atoms. The third-order valence-electron chi connectivity index (χ3n) is 2.97.